The zero-order valence-electron chi connectivity index (χ0n) is 12.2. The predicted molar refractivity (Wildman–Crippen MR) is 85.8 cm³/mol. The van der Waals surface area contributed by atoms with Gasteiger partial charge in [-0.05, 0) is 18.2 Å². The first kappa shape index (κ1) is 14.8. The molecule has 0 fully saturated rings. The number of carbonyl (C=O) groups excluding carboxylic acids is 1. The molecular formula is C17H15FN4O. The third-order valence-electron chi connectivity index (χ3n) is 3.25. The first-order valence-corrected chi connectivity index (χ1v) is 7.12. The van der Waals surface area contributed by atoms with Crippen molar-refractivity contribution in [1.29, 1.82) is 0 Å². The quantitative estimate of drug-likeness (QED) is 0.776. The molecule has 0 aliphatic carbocycles. The highest BCUT2D eigenvalue weighted by Crippen LogP contribution is 2.10. The van der Waals surface area contributed by atoms with Crippen molar-refractivity contribution >= 4 is 11.8 Å². The summed E-state index contributed by atoms with van der Waals surface area (Å²) < 4.78 is 15.1. The lowest BCUT2D eigenvalue weighted by molar-refractivity contribution is 0.251. The van der Waals surface area contributed by atoms with Gasteiger partial charge in [-0.25, -0.2) is 13.9 Å². The third kappa shape index (κ3) is 3.74. The van der Waals surface area contributed by atoms with Gasteiger partial charge >= 0.3 is 6.03 Å². The number of nitrogens with zero attached hydrogens (tertiary/aromatic N) is 2. The lowest BCUT2D eigenvalue weighted by atomic mass is 10.2. The van der Waals surface area contributed by atoms with E-state index in [4.69, 9.17) is 0 Å². The zero-order chi connectivity index (χ0) is 16.1. The standard InChI is InChI=1S/C17H15FN4O/c18-15-9-5-4-6-13(15)12-19-17(23)20-16-10-11-22(21-16)14-7-2-1-3-8-14/h1-11H,12H2,(H2,19,20,21,23). The molecule has 0 spiro atoms. The highest BCUT2D eigenvalue weighted by Gasteiger charge is 2.07. The van der Waals surface area contributed by atoms with Crippen LogP contribution < -0.4 is 10.6 Å². The molecule has 3 aromatic rings. The molecule has 23 heavy (non-hydrogen) atoms. The number of hydrogen-bond donors (Lipinski definition) is 2. The zero-order valence-corrected chi connectivity index (χ0v) is 12.2. The Bertz CT molecular complexity index is 801. The van der Waals surface area contributed by atoms with Crippen molar-refractivity contribution in [2.75, 3.05) is 5.32 Å². The summed E-state index contributed by atoms with van der Waals surface area (Å²) in [6.45, 7) is 0.109. The van der Waals surface area contributed by atoms with Crippen molar-refractivity contribution in [2.24, 2.45) is 0 Å². The van der Waals surface area contributed by atoms with E-state index in [9.17, 15) is 9.18 Å². The maximum absolute atomic E-state index is 13.5. The molecule has 0 aliphatic rings. The largest absolute Gasteiger partial charge is 0.334 e. The second-order valence-corrected chi connectivity index (χ2v) is 4.88. The monoisotopic (exact) mass is 310 g/mol. The molecule has 6 heteroatoms. The van der Waals surface area contributed by atoms with Gasteiger partial charge in [-0.2, -0.15) is 0 Å². The van der Waals surface area contributed by atoms with Gasteiger partial charge in [0, 0.05) is 24.4 Å². The number of nitrogens with one attached hydrogen (secondary N) is 2. The maximum atomic E-state index is 13.5. The SMILES string of the molecule is O=C(NCc1ccccc1F)Nc1ccn(-c2ccccc2)n1. The Hall–Kier alpha value is -3.15. The second-order valence-electron chi connectivity index (χ2n) is 4.88. The van der Waals surface area contributed by atoms with Gasteiger partial charge in [0.15, 0.2) is 5.82 Å². The summed E-state index contributed by atoms with van der Waals surface area (Å²) in [6.07, 6.45) is 1.75. The number of amides is 2. The molecule has 0 bridgehead atoms. The fraction of sp³-hybridized carbons (Fsp3) is 0.0588. The molecule has 116 valence electrons. The maximum Gasteiger partial charge on any atom is 0.320 e. The number of halogens is 1. The Morgan fingerprint density at radius 2 is 1.78 bits per heavy atom. The molecule has 0 saturated carbocycles. The van der Waals surface area contributed by atoms with Gasteiger partial charge in [-0.1, -0.05) is 36.4 Å². The number of rotatable bonds is 4. The van der Waals surface area contributed by atoms with Crippen molar-refractivity contribution < 1.29 is 9.18 Å². The summed E-state index contributed by atoms with van der Waals surface area (Å²) >= 11 is 0. The first-order valence-electron chi connectivity index (χ1n) is 7.12. The Kier molecular flexibility index (Phi) is 4.33. The molecule has 5 nitrogen and oxygen atoms in total. The minimum Gasteiger partial charge on any atom is -0.334 e. The van der Waals surface area contributed by atoms with E-state index in [1.807, 2.05) is 30.3 Å². The number of benzene rings is 2. The Labute approximate surface area is 132 Å². The normalized spacial score (nSPS) is 10.3. The highest BCUT2D eigenvalue weighted by molar-refractivity contribution is 5.88. The summed E-state index contributed by atoms with van der Waals surface area (Å²) in [7, 11) is 0. The number of urea groups is 1. The summed E-state index contributed by atoms with van der Waals surface area (Å²) in [5, 5.41) is 9.48. The van der Waals surface area contributed by atoms with Gasteiger partial charge in [0.2, 0.25) is 0 Å². The van der Waals surface area contributed by atoms with E-state index >= 15 is 0 Å². The van der Waals surface area contributed by atoms with E-state index in [-0.39, 0.29) is 12.4 Å². The highest BCUT2D eigenvalue weighted by atomic mass is 19.1. The summed E-state index contributed by atoms with van der Waals surface area (Å²) in [4.78, 5) is 11.8. The lowest BCUT2D eigenvalue weighted by Crippen LogP contribution is -2.28. The van der Waals surface area contributed by atoms with Crippen LogP contribution in [0.2, 0.25) is 0 Å². The smallest absolute Gasteiger partial charge is 0.320 e. The van der Waals surface area contributed by atoms with Crippen LogP contribution >= 0.6 is 0 Å². The van der Waals surface area contributed by atoms with Crippen LogP contribution in [0.5, 0.6) is 0 Å². The molecule has 2 amide bonds. The molecule has 3 rings (SSSR count). The van der Waals surface area contributed by atoms with Crippen LogP contribution in [0.4, 0.5) is 15.0 Å². The second kappa shape index (κ2) is 6.74. The molecule has 0 radical (unpaired) electrons. The molecule has 0 aliphatic heterocycles. The predicted octanol–water partition coefficient (Wildman–Crippen LogP) is 3.33. The van der Waals surface area contributed by atoms with Gasteiger partial charge in [0.1, 0.15) is 5.82 Å². The van der Waals surface area contributed by atoms with E-state index in [1.165, 1.54) is 6.07 Å². The van der Waals surface area contributed by atoms with E-state index < -0.39 is 6.03 Å². The molecule has 2 aromatic carbocycles. The van der Waals surface area contributed by atoms with E-state index in [0.717, 1.165) is 5.69 Å². The average Bonchev–Trinajstić information content (AvgIpc) is 3.03. The number of para-hydroxylation sites is 1. The minimum atomic E-state index is -0.438. The number of hydrogen-bond acceptors (Lipinski definition) is 2. The Morgan fingerprint density at radius 3 is 2.57 bits per heavy atom. The molecule has 0 saturated heterocycles. The molecule has 2 N–H and O–H groups in total. The Morgan fingerprint density at radius 1 is 1.04 bits per heavy atom. The fourth-order valence-corrected chi connectivity index (χ4v) is 2.09. The van der Waals surface area contributed by atoms with Crippen LogP contribution in [0.3, 0.4) is 0 Å². The number of aromatic nitrogens is 2. The molecule has 0 unspecified atom stereocenters. The summed E-state index contributed by atoms with van der Waals surface area (Å²) in [5.74, 6) is 0.0704. The van der Waals surface area contributed by atoms with Crippen LogP contribution in [0.1, 0.15) is 5.56 Å². The van der Waals surface area contributed by atoms with E-state index in [0.29, 0.717) is 11.4 Å². The van der Waals surface area contributed by atoms with Crippen molar-refractivity contribution in [1.82, 2.24) is 15.1 Å². The van der Waals surface area contributed by atoms with Crippen molar-refractivity contribution in [3.05, 3.63) is 78.2 Å². The van der Waals surface area contributed by atoms with E-state index in [2.05, 4.69) is 15.7 Å². The van der Waals surface area contributed by atoms with Crippen LogP contribution in [0.15, 0.2) is 66.9 Å². The van der Waals surface area contributed by atoms with Crippen LogP contribution in [0, 0.1) is 5.82 Å². The molecule has 0 atom stereocenters. The van der Waals surface area contributed by atoms with Gasteiger partial charge in [-0.3, -0.25) is 5.32 Å². The topological polar surface area (TPSA) is 59.0 Å². The van der Waals surface area contributed by atoms with Crippen LogP contribution in [-0.2, 0) is 6.54 Å². The van der Waals surface area contributed by atoms with E-state index in [1.54, 1.807) is 35.1 Å². The first-order chi connectivity index (χ1) is 11.2. The molecular weight excluding hydrogens is 295 g/mol. The number of carbonyl (C=O) groups is 1. The molecule has 1 aromatic heterocycles. The fourth-order valence-electron chi connectivity index (χ4n) is 2.09. The minimum absolute atomic E-state index is 0.109. The van der Waals surface area contributed by atoms with Crippen LogP contribution in [-0.4, -0.2) is 15.8 Å². The summed E-state index contributed by atoms with van der Waals surface area (Å²) in [6, 6.07) is 17.1. The van der Waals surface area contributed by atoms with Gasteiger partial charge in [0.05, 0.1) is 5.69 Å². The van der Waals surface area contributed by atoms with Crippen molar-refractivity contribution in [3.8, 4) is 5.69 Å². The third-order valence-corrected chi connectivity index (χ3v) is 3.25. The number of anilines is 1. The average molecular weight is 310 g/mol. The van der Waals surface area contributed by atoms with Gasteiger partial charge < -0.3 is 5.32 Å². The summed E-state index contributed by atoms with van der Waals surface area (Å²) in [5.41, 5.74) is 1.32. The van der Waals surface area contributed by atoms with Gasteiger partial charge in [-0.15, -0.1) is 5.10 Å². The van der Waals surface area contributed by atoms with Gasteiger partial charge in [0.25, 0.3) is 0 Å². The van der Waals surface area contributed by atoms with Crippen molar-refractivity contribution in [2.45, 2.75) is 6.54 Å². The molecule has 1 heterocycles. The van der Waals surface area contributed by atoms with Crippen LogP contribution in [0.25, 0.3) is 5.69 Å². The van der Waals surface area contributed by atoms with Crippen molar-refractivity contribution in [3.63, 3.8) is 0 Å². The Balaban J connectivity index is 1.58. The lowest BCUT2D eigenvalue weighted by Gasteiger charge is -2.06.